The van der Waals surface area contributed by atoms with Gasteiger partial charge >= 0.3 is 0 Å². The first-order valence-corrected chi connectivity index (χ1v) is 13.0. The zero-order chi connectivity index (χ0) is 26.2. The van der Waals surface area contributed by atoms with Crippen LogP contribution in [0.2, 0.25) is 0 Å². The van der Waals surface area contributed by atoms with Crippen molar-refractivity contribution in [3.63, 3.8) is 0 Å². The summed E-state index contributed by atoms with van der Waals surface area (Å²) in [4.78, 5) is 41.8. The van der Waals surface area contributed by atoms with E-state index in [4.69, 9.17) is 4.74 Å². The van der Waals surface area contributed by atoms with Crippen LogP contribution in [0.3, 0.4) is 0 Å². The van der Waals surface area contributed by atoms with Crippen molar-refractivity contribution in [1.29, 1.82) is 0 Å². The average Bonchev–Trinajstić information content (AvgIpc) is 3.07. The lowest BCUT2D eigenvalue weighted by Gasteiger charge is -2.45. The van der Waals surface area contributed by atoms with Crippen LogP contribution < -0.4 is 15.0 Å². The number of aryl methyl sites for hydroxylation is 1. The van der Waals surface area contributed by atoms with E-state index in [0.29, 0.717) is 28.9 Å². The first-order chi connectivity index (χ1) is 17.0. The zero-order valence-electron chi connectivity index (χ0n) is 21.7. The number of nitrogens with one attached hydrogen (secondary N) is 1. The first kappa shape index (κ1) is 25.8. The topological polar surface area (TPSA) is 79.0 Å². The molecule has 1 N–H and O–H groups in total. The van der Waals surface area contributed by atoms with Crippen molar-refractivity contribution < 1.29 is 19.1 Å². The van der Waals surface area contributed by atoms with E-state index in [-0.39, 0.29) is 12.1 Å². The molecule has 8 heteroatoms. The number of carbonyl (C=O) groups is 3. The molecule has 1 atom stereocenters. The van der Waals surface area contributed by atoms with Gasteiger partial charge in [-0.15, -0.1) is 0 Å². The number of rotatable bonds is 6. The number of imide groups is 1. The molecule has 2 aromatic carbocycles. The van der Waals surface area contributed by atoms with Gasteiger partial charge in [0, 0.05) is 24.0 Å². The maximum Gasteiger partial charge on any atom is 0.294 e. The Balaban J connectivity index is 1.49. The highest BCUT2D eigenvalue weighted by molar-refractivity contribution is 8.18. The molecule has 0 bridgehead atoms. The van der Waals surface area contributed by atoms with Crippen LogP contribution in [0.5, 0.6) is 5.75 Å². The molecule has 2 aliphatic heterocycles. The van der Waals surface area contributed by atoms with E-state index in [0.717, 1.165) is 34.2 Å². The molecule has 1 fully saturated rings. The molecular weight excluding hydrogens is 474 g/mol. The van der Waals surface area contributed by atoms with Crippen molar-refractivity contribution in [3.05, 3.63) is 58.0 Å². The van der Waals surface area contributed by atoms with Gasteiger partial charge in [0.2, 0.25) is 5.91 Å². The molecule has 0 unspecified atom stereocenters. The van der Waals surface area contributed by atoms with Gasteiger partial charge in [0.1, 0.15) is 12.3 Å². The van der Waals surface area contributed by atoms with Gasteiger partial charge in [-0.3, -0.25) is 19.3 Å². The highest BCUT2D eigenvalue weighted by atomic mass is 32.2. The van der Waals surface area contributed by atoms with E-state index in [2.05, 4.69) is 50.2 Å². The number of amides is 3. The predicted molar refractivity (Wildman–Crippen MR) is 146 cm³/mol. The number of nitrogens with zero attached hydrogens (tertiary/aromatic N) is 2. The molecule has 1 saturated heterocycles. The zero-order valence-corrected chi connectivity index (χ0v) is 22.5. The Morgan fingerprint density at radius 2 is 1.92 bits per heavy atom. The van der Waals surface area contributed by atoms with Crippen molar-refractivity contribution in [2.24, 2.45) is 0 Å². The molecule has 190 valence electrons. The van der Waals surface area contributed by atoms with Gasteiger partial charge in [0.05, 0.1) is 11.5 Å². The fraction of sp³-hybridized carbons (Fsp3) is 0.393. The number of fused-ring (bicyclic) bond motifs is 1. The summed E-state index contributed by atoms with van der Waals surface area (Å²) in [5, 5.41) is 2.28. The molecule has 2 heterocycles. The summed E-state index contributed by atoms with van der Waals surface area (Å²) < 4.78 is 5.40. The molecule has 4 rings (SSSR count). The third-order valence-corrected chi connectivity index (χ3v) is 7.84. The molecule has 0 aliphatic carbocycles. The first-order valence-electron chi connectivity index (χ1n) is 12.2. The summed E-state index contributed by atoms with van der Waals surface area (Å²) in [6, 6.07) is 11.2. The minimum Gasteiger partial charge on any atom is -0.494 e. The van der Waals surface area contributed by atoms with E-state index < -0.39 is 17.1 Å². The maximum atomic E-state index is 13.0. The standard InChI is InChI=1S/C28H33N3O4S/c1-7-35-21-10-8-20(9-11-21)29-25(32)16-31-26(33)24(36-27(31)34)14-19-13-22-18(3)15-28(4,5)30(6)23(22)12-17(19)2/h8-14,18H,7,15-16H2,1-6H3,(H,29,32)/b24-14-/t18-/m0/s1. The Morgan fingerprint density at radius 3 is 2.58 bits per heavy atom. The van der Waals surface area contributed by atoms with Gasteiger partial charge in [-0.25, -0.2) is 0 Å². The second-order valence-electron chi connectivity index (χ2n) is 10.0. The molecule has 0 spiro atoms. The van der Waals surface area contributed by atoms with Crippen LogP contribution in [0.15, 0.2) is 41.3 Å². The van der Waals surface area contributed by atoms with Crippen molar-refractivity contribution in [2.45, 2.75) is 52.5 Å². The molecule has 2 aliphatic rings. The minimum absolute atomic E-state index is 0.0644. The molecule has 0 radical (unpaired) electrons. The smallest absolute Gasteiger partial charge is 0.294 e. The monoisotopic (exact) mass is 507 g/mol. The predicted octanol–water partition coefficient (Wildman–Crippen LogP) is 5.79. The van der Waals surface area contributed by atoms with Crippen molar-refractivity contribution in [3.8, 4) is 5.75 Å². The number of hydrogen-bond donors (Lipinski definition) is 1. The van der Waals surface area contributed by atoms with Crippen LogP contribution in [0, 0.1) is 6.92 Å². The van der Waals surface area contributed by atoms with Crippen LogP contribution in [0.4, 0.5) is 16.2 Å². The summed E-state index contributed by atoms with van der Waals surface area (Å²) in [5.41, 5.74) is 5.02. The Hall–Kier alpha value is -3.26. The molecule has 3 amide bonds. The van der Waals surface area contributed by atoms with Gasteiger partial charge in [0.25, 0.3) is 11.1 Å². The van der Waals surface area contributed by atoms with Crippen molar-refractivity contribution in [1.82, 2.24) is 4.90 Å². The third-order valence-electron chi connectivity index (χ3n) is 6.93. The second kappa shape index (κ2) is 10.0. The van der Waals surface area contributed by atoms with Crippen molar-refractivity contribution in [2.75, 3.05) is 30.4 Å². The van der Waals surface area contributed by atoms with Crippen LogP contribution in [0.25, 0.3) is 6.08 Å². The minimum atomic E-state index is -0.449. The van der Waals surface area contributed by atoms with Crippen LogP contribution >= 0.6 is 11.8 Å². The summed E-state index contributed by atoms with van der Waals surface area (Å²) in [6.07, 6.45) is 2.80. The van der Waals surface area contributed by atoms with Gasteiger partial charge in [-0.2, -0.15) is 0 Å². The van der Waals surface area contributed by atoms with E-state index in [1.807, 2.05) is 13.8 Å². The van der Waals surface area contributed by atoms with Gasteiger partial charge in [0.15, 0.2) is 0 Å². The highest BCUT2D eigenvalue weighted by Gasteiger charge is 2.37. The SMILES string of the molecule is CCOc1ccc(NC(=O)CN2C(=O)S/C(=C\c3cc4c(cc3C)N(C)C(C)(C)C[C@@H]4C)C2=O)cc1. The van der Waals surface area contributed by atoms with Crippen LogP contribution in [-0.2, 0) is 9.59 Å². The highest BCUT2D eigenvalue weighted by Crippen LogP contribution is 2.44. The van der Waals surface area contributed by atoms with Gasteiger partial charge < -0.3 is 15.0 Å². The fourth-order valence-corrected chi connectivity index (χ4v) is 5.64. The summed E-state index contributed by atoms with van der Waals surface area (Å²) in [5.74, 6) is 0.191. The average molecular weight is 508 g/mol. The lowest BCUT2D eigenvalue weighted by Crippen LogP contribution is -2.45. The maximum absolute atomic E-state index is 13.0. The molecule has 0 aromatic heterocycles. The van der Waals surface area contributed by atoms with E-state index in [1.165, 1.54) is 11.3 Å². The Morgan fingerprint density at radius 1 is 1.22 bits per heavy atom. The molecule has 36 heavy (non-hydrogen) atoms. The summed E-state index contributed by atoms with van der Waals surface area (Å²) >= 11 is 0.871. The van der Waals surface area contributed by atoms with Crippen molar-refractivity contribution >= 4 is 46.3 Å². The lowest BCUT2D eigenvalue weighted by molar-refractivity contribution is -0.127. The van der Waals surface area contributed by atoms with Gasteiger partial charge in [-0.05, 0) is 111 Å². The van der Waals surface area contributed by atoms with Crippen LogP contribution in [-0.4, -0.2) is 47.7 Å². The molecule has 7 nitrogen and oxygen atoms in total. The number of thioether (sulfide) groups is 1. The Kier molecular flexibility index (Phi) is 7.18. The quantitative estimate of drug-likeness (QED) is 0.499. The molecule has 2 aromatic rings. The summed E-state index contributed by atoms with van der Waals surface area (Å²) in [6.45, 7) is 10.8. The number of anilines is 2. The van der Waals surface area contributed by atoms with E-state index in [9.17, 15) is 14.4 Å². The van der Waals surface area contributed by atoms with Gasteiger partial charge in [-0.1, -0.05) is 6.92 Å². The second-order valence-corrected chi connectivity index (χ2v) is 11.0. The Labute approximate surface area is 216 Å². The number of hydrogen-bond acceptors (Lipinski definition) is 6. The summed E-state index contributed by atoms with van der Waals surface area (Å²) in [7, 11) is 2.12. The number of ether oxygens (including phenoxy) is 1. The van der Waals surface area contributed by atoms with E-state index in [1.54, 1.807) is 30.3 Å². The van der Waals surface area contributed by atoms with E-state index >= 15 is 0 Å². The van der Waals surface area contributed by atoms with Crippen LogP contribution in [0.1, 0.15) is 56.7 Å². The number of carbonyl (C=O) groups excluding carboxylic acids is 3. The largest absolute Gasteiger partial charge is 0.494 e. The Bertz CT molecular complexity index is 1240. The number of benzene rings is 2. The lowest BCUT2D eigenvalue weighted by atomic mass is 9.79. The molecule has 0 saturated carbocycles. The normalized spacial score (nSPS) is 20.1. The molecular formula is C28H33N3O4S. The fourth-order valence-electron chi connectivity index (χ4n) is 4.81. The third kappa shape index (κ3) is 5.14.